The van der Waals surface area contributed by atoms with Gasteiger partial charge in [-0.1, -0.05) is 6.92 Å². The molecule has 1 aliphatic heterocycles. The smallest absolute Gasteiger partial charge is 0.321 e. The highest BCUT2D eigenvalue weighted by molar-refractivity contribution is 7.19. The molecule has 1 atom stereocenters. The van der Waals surface area contributed by atoms with Gasteiger partial charge < -0.3 is 19.9 Å². The summed E-state index contributed by atoms with van der Waals surface area (Å²) >= 11 is 1.84. The number of nitrogens with zero attached hydrogens (tertiary/aromatic N) is 4. The van der Waals surface area contributed by atoms with Crippen molar-refractivity contribution < 1.29 is 9.53 Å². The molecule has 3 aromatic rings. The number of ether oxygens (including phenoxy) is 1. The second kappa shape index (κ2) is 8.58. The predicted octanol–water partition coefficient (Wildman–Crippen LogP) is 4.49. The van der Waals surface area contributed by atoms with Gasteiger partial charge in [0, 0.05) is 36.7 Å². The first-order chi connectivity index (χ1) is 15.5. The van der Waals surface area contributed by atoms with Gasteiger partial charge in [-0.3, -0.25) is 0 Å². The van der Waals surface area contributed by atoms with E-state index in [1.165, 1.54) is 22.2 Å². The Morgan fingerprint density at radius 2 is 1.91 bits per heavy atom. The van der Waals surface area contributed by atoms with Crippen molar-refractivity contribution in [3.05, 3.63) is 40.5 Å². The number of carbonyl (C=O) groups excluding carboxylic acids is 1. The number of benzene rings is 1. The number of rotatable bonds is 3. The first-order valence-corrected chi connectivity index (χ1v) is 12.1. The van der Waals surface area contributed by atoms with Crippen molar-refractivity contribution in [2.45, 2.75) is 33.1 Å². The summed E-state index contributed by atoms with van der Waals surface area (Å²) in [6.45, 7) is 7.17. The van der Waals surface area contributed by atoms with Crippen molar-refractivity contribution in [1.29, 1.82) is 0 Å². The average molecular weight is 452 g/mol. The van der Waals surface area contributed by atoms with Crippen molar-refractivity contribution in [2.75, 3.05) is 43.5 Å². The maximum atomic E-state index is 12.8. The Hall–Kier alpha value is -2.87. The lowest BCUT2D eigenvalue weighted by Gasteiger charge is -2.36. The molecular weight excluding hydrogens is 422 g/mol. The molecule has 1 aliphatic carbocycles. The van der Waals surface area contributed by atoms with Crippen LogP contribution in [-0.2, 0) is 12.8 Å². The number of nitrogens with one attached hydrogen (secondary N) is 1. The van der Waals surface area contributed by atoms with E-state index in [2.05, 4.69) is 17.1 Å². The summed E-state index contributed by atoms with van der Waals surface area (Å²) in [5.74, 6) is 3.38. The van der Waals surface area contributed by atoms with Crippen LogP contribution in [0.3, 0.4) is 0 Å². The lowest BCUT2D eigenvalue weighted by molar-refractivity contribution is 0.208. The number of hydrogen-bond donors (Lipinski definition) is 1. The van der Waals surface area contributed by atoms with Gasteiger partial charge in [-0.25, -0.2) is 14.8 Å². The molecule has 1 saturated heterocycles. The Labute approximate surface area is 192 Å². The van der Waals surface area contributed by atoms with E-state index in [9.17, 15) is 4.79 Å². The third-order valence-electron chi connectivity index (χ3n) is 6.46. The van der Waals surface area contributed by atoms with Crippen LogP contribution in [0.25, 0.3) is 10.2 Å². The zero-order valence-corrected chi connectivity index (χ0v) is 19.7. The van der Waals surface area contributed by atoms with E-state index >= 15 is 0 Å². The number of fused-ring (bicyclic) bond motifs is 3. The number of piperazine rings is 1. The number of urea groups is 1. The van der Waals surface area contributed by atoms with Crippen LogP contribution in [-0.4, -0.2) is 54.2 Å². The fourth-order valence-corrected chi connectivity index (χ4v) is 6.08. The Kier molecular flexibility index (Phi) is 5.63. The molecule has 32 heavy (non-hydrogen) atoms. The number of aromatic nitrogens is 2. The van der Waals surface area contributed by atoms with Gasteiger partial charge in [-0.05, 0) is 61.9 Å². The fraction of sp³-hybridized carbons (Fsp3) is 0.458. The topological polar surface area (TPSA) is 70.6 Å². The van der Waals surface area contributed by atoms with E-state index in [1.54, 1.807) is 7.11 Å². The Morgan fingerprint density at radius 1 is 1.16 bits per heavy atom. The van der Waals surface area contributed by atoms with Gasteiger partial charge in [0.05, 0.1) is 12.5 Å². The zero-order valence-electron chi connectivity index (χ0n) is 18.9. The first-order valence-electron chi connectivity index (χ1n) is 11.3. The minimum Gasteiger partial charge on any atom is -0.497 e. The maximum absolute atomic E-state index is 12.8. The summed E-state index contributed by atoms with van der Waals surface area (Å²) in [6.07, 6.45) is 3.49. The van der Waals surface area contributed by atoms with Crippen LogP contribution in [0.2, 0.25) is 0 Å². The number of aryl methyl sites for hydroxylation is 2. The average Bonchev–Trinajstić information content (AvgIpc) is 3.16. The van der Waals surface area contributed by atoms with Gasteiger partial charge in [0.2, 0.25) is 0 Å². The summed E-state index contributed by atoms with van der Waals surface area (Å²) in [6, 6.07) is 7.33. The predicted molar refractivity (Wildman–Crippen MR) is 129 cm³/mol. The molecule has 1 N–H and O–H groups in total. The van der Waals surface area contributed by atoms with Crippen molar-refractivity contribution >= 4 is 39.1 Å². The standard InChI is InChI=1S/C24H29N5O2S/c1-15-4-9-19-20(14-15)32-23-21(19)22(25-16(2)26-23)28-10-12-29(13-11-28)24(30)27-17-5-7-18(31-3)8-6-17/h5-8,15H,4,9-14H2,1-3H3,(H,27,30)/t15-/m1/s1. The van der Waals surface area contributed by atoms with E-state index in [1.807, 2.05) is 47.4 Å². The SMILES string of the molecule is COc1ccc(NC(=O)N2CCN(c3nc(C)nc4sc5c(c34)CC[C@@H](C)C5)CC2)cc1. The van der Waals surface area contributed by atoms with Crippen LogP contribution in [0.4, 0.5) is 16.3 Å². The van der Waals surface area contributed by atoms with E-state index in [-0.39, 0.29) is 6.03 Å². The maximum Gasteiger partial charge on any atom is 0.321 e. The van der Waals surface area contributed by atoms with E-state index in [4.69, 9.17) is 14.7 Å². The Balaban J connectivity index is 1.31. The molecule has 2 aliphatic rings. The minimum absolute atomic E-state index is 0.0688. The van der Waals surface area contributed by atoms with Gasteiger partial charge in [0.25, 0.3) is 0 Å². The number of thiophene rings is 1. The lowest BCUT2D eigenvalue weighted by atomic mass is 9.89. The van der Waals surface area contributed by atoms with Gasteiger partial charge in [-0.15, -0.1) is 11.3 Å². The molecule has 3 heterocycles. The third-order valence-corrected chi connectivity index (χ3v) is 7.60. The highest BCUT2D eigenvalue weighted by Crippen LogP contribution is 2.41. The minimum atomic E-state index is -0.0688. The van der Waals surface area contributed by atoms with Crippen molar-refractivity contribution in [1.82, 2.24) is 14.9 Å². The van der Waals surface area contributed by atoms with E-state index in [0.29, 0.717) is 13.1 Å². The molecule has 168 valence electrons. The molecule has 0 radical (unpaired) electrons. The summed E-state index contributed by atoms with van der Waals surface area (Å²) in [5, 5.41) is 4.23. The summed E-state index contributed by atoms with van der Waals surface area (Å²) in [4.78, 5) is 29.2. The molecular formula is C24H29N5O2S. The normalized spacial score (nSPS) is 18.5. The third kappa shape index (κ3) is 3.99. The molecule has 0 saturated carbocycles. The van der Waals surface area contributed by atoms with E-state index < -0.39 is 0 Å². The molecule has 0 spiro atoms. The fourth-order valence-electron chi connectivity index (χ4n) is 4.65. The molecule has 2 aromatic heterocycles. The lowest BCUT2D eigenvalue weighted by Crippen LogP contribution is -2.50. The molecule has 7 nitrogen and oxygen atoms in total. The molecule has 8 heteroatoms. The zero-order chi connectivity index (χ0) is 22.2. The van der Waals surface area contributed by atoms with Crippen molar-refractivity contribution in [3.8, 4) is 5.75 Å². The largest absolute Gasteiger partial charge is 0.497 e. The number of methoxy groups -OCH3 is 1. The van der Waals surface area contributed by atoms with Gasteiger partial charge in [-0.2, -0.15) is 0 Å². The summed E-state index contributed by atoms with van der Waals surface area (Å²) in [5.41, 5.74) is 2.23. The highest BCUT2D eigenvalue weighted by Gasteiger charge is 2.28. The number of anilines is 2. The van der Waals surface area contributed by atoms with Crippen LogP contribution in [0.15, 0.2) is 24.3 Å². The van der Waals surface area contributed by atoms with Crippen LogP contribution < -0.4 is 15.0 Å². The van der Waals surface area contributed by atoms with Gasteiger partial charge in [0.15, 0.2) is 0 Å². The second-order valence-electron chi connectivity index (χ2n) is 8.76. The Morgan fingerprint density at radius 3 is 2.62 bits per heavy atom. The number of amides is 2. The van der Waals surface area contributed by atoms with Crippen molar-refractivity contribution in [2.24, 2.45) is 5.92 Å². The van der Waals surface area contributed by atoms with Crippen LogP contribution in [0, 0.1) is 12.8 Å². The van der Waals surface area contributed by atoms with Gasteiger partial charge in [0.1, 0.15) is 22.2 Å². The van der Waals surface area contributed by atoms with Crippen LogP contribution >= 0.6 is 11.3 Å². The van der Waals surface area contributed by atoms with Crippen LogP contribution in [0.5, 0.6) is 5.75 Å². The number of carbonyl (C=O) groups is 1. The molecule has 5 rings (SSSR count). The quantitative estimate of drug-likeness (QED) is 0.635. The summed E-state index contributed by atoms with van der Waals surface area (Å²) in [7, 11) is 1.63. The molecule has 0 bridgehead atoms. The van der Waals surface area contributed by atoms with E-state index in [0.717, 1.165) is 59.8 Å². The first kappa shape index (κ1) is 21.0. The molecule has 1 aromatic carbocycles. The second-order valence-corrected chi connectivity index (χ2v) is 9.84. The highest BCUT2D eigenvalue weighted by atomic mass is 32.1. The van der Waals surface area contributed by atoms with Gasteiger partial charge >= 0.3 is 6.03 Å². The number of hydrogen-bond acceptors (Lipinski definition) is 6. The van der Waals surface area contributed by atoms with Crippen molar-refractivity contribution in [3.63, 3.8) is 0 Å². The molecule has 1 fully saturated rings. The summed E-state index contributed by atoms with van der Waals surface area (Å²) < 4.78 is 5.18. The molecule has 2 amide bonds. The monoisotopic (exact) mass is 451 g/mol. The Bertz CT molecular complexity index is 1140. The molecule has 0 unspecified atom stereocenters. The van der Waals surface area contributed by atoms with Crippen LogP contribution in [0.1, 0.15) is 29.6 Å².